The maximum absolute atomic E-state index is 14.3. The van der Waals surface area contributed by atoms with Crippen molar-refractivity contribution in [3.8, 4) is 11.1 Å². The summed E-state index contributed by atoms with van der Waals surface area (Å²) in [6.07, 6.45) is 1.75. The highest BCUT2D eigenvalue weighted by Crippen LogP contribution is 2.26. The number of aromatic nitrogens is 1. The molecule has 3 rings (SSSR count). The Labute approximate surface area is 123 Å². The average Bonchev–Trinajstić information content (AvgIpc) is 2.52. The summed E-state index contributed by atoms with van der Waals surface area (Å²) in [5.41, 5.74) is 3.31. The van der Waals surface area contributed by atoms with Crippen LogP contribution in [0.1, 0.15) is 12.5 Å². The molecule has 0 atom stereocenters. The van der Waals surface area contributed by atoms with Crippen LogP contribution in [0.2, 0.25) is 0 Å². The molecule has 0 spiro atoms. The minimum absolute atomic E-state index is 0.194. The number of nitrogens with zero attached hydrogens (tertiary/aromatic N) is 1. The van der Waals surface area contributed by atoms with E-state index in [9.17, 15) is 4.39 Å². The van der Waals surface area contributed by atoms with Crippen LogP contribution in [0.25, 0.3) is 22.0 Å². The van der Waals surface area contributed by atoms with Crippen molar-refractivity contribution in [2.24, 2.45) is 0 Å². The van der Waals surface area contributed by atoms with Crippen LogP contribution in [-0.4, -0.2) is 11.5 Å². The van der Waals surface area contributed by atoms with Crippen molar-refractivity contribution in [2.45, 2.75) is 13.5 Å². The number of hydrogen-bond acceptors (Lipinski definition) is 2. The van der Waals surface area contributed by atoms with E-state index in [1.54, 1.807) is 12.3 Å². The van der Waals surface area contributed by atoms with E-state index in [1.807, 2.05) is 49.4 Å². The van der Waals surface area contributed by atoms with Crippen LogP contribution in [-0.2, 0) is 6.54 Å². The first-order valence-corrected chi connectivity index (χ1v) is 7.12. The average molecular weight is 280 g/mol. The molecule has 2 nitrogen and oxygen atoms in total. The van der Waals surface area contributed by atoms with Crippen molar-refractivity contribution in [1.29, 1.82) is 0 Å². The molecule has 0 aliphatic heterocycles. The maximum atomic E-state index is 14.3. The van der Waals surface area contributed by atoms with Gasteiger partial charge in [0.15, 0.2) is 0 Å². The van der Waals surface area contributed by atoms with Gasteiger partial charge in [-0.15, -0.1) is 0 Å². The summed E-state index contributed by atoms with van der Waals surface area (Å²) in [5.74, 6) is -0.194. The first kappa shape index (κ1) is 13.7. The van der Waals surface area contributed by atoms with Crippen molar-refractivity contribution < 1.29 is 4.39 Å². The Hall–Kier alpha value is -2.26. The molecule has 0 aliphatic rings. The van der Waals surface area contributed by atoms with Gasteiger partial charge in [0, 0.05) is 23.7 Å². The molecule has 1 aromatic heterocycles. The van der Waals surface area contributed by atoms with Gasteiger partial charge in [-0.2, -0.15) is 0 Å². The lowest BCUT2D eigenvalue weighted by Gasteiger charge is -2.08. The lowest BCUT2D eigenvalue weighted by Crippen LogP contribution is -2.11. The second-order valence-corrected chi connectivity index (χ2v) is 5.01. The van der Waals surface area contributed by atoms with Crippen LogP contribution in [0.4, 0.5) is 4.39 Å². The molecule has 0 amide bonds. The molecule has 2 aromatic carbocycles. The number of hydrogen-bond donors (Lipinski definition) is 1. The van der Waals surface area contributed by atoms with Crippen molar-refractivity contribution >= 4 is 10.9 Å². The Balaban J connectivity index is 1.98. The molecule has 0 bridgehead atoms. The largest absolute Gasteiger partial charge is 0.313 e. The minimum atomic E-state index is -0.194. The molecule has 1 N–H and O–H groups in total. The van der Waals surface area contributed by atoms with E-state index >= 15 is 0 Å². The first-order chi connectivity index (χ1) is 10.3. The van der Waals surface area contributed by atoms with Gasteiger partial charge in [0.25, 0.3) is 0 Å². The molecule has 1 heterocycles. The smallest absolute Gasteiger partial charge is 0.131 e. The number of nitrogens with one attached hydrogen (secondary N) is 1. The third-order valence-corrected chi connectivity index (χ3v) is 3.53. The van der Waals surface area contributed by atoms with E-state index in [0.717, 1.165) is 28.6 Å². The zero-order valence-corrected chi connectivity index (χ0v) is 11.9. The molecule has 106 valence electrons. The molecule has 3 aromatic rings. The quantitative estimate of drug-likeness (QED) is 0.776. The summed E-state index contributed by atoms with van der Waals surface area (Å²) in [6.45, 7) is 3.60. The molecule has 3 heteroatoms. The Kier molecular flexibility index (Phi) is 3.93. The van der Waals surface area contributed by atoms with Gasteiger partial charge in [-0.05, 0) is 35.9 Å². The number of halogens is 1. The lowest BCUT2D eigenvalue weighted by molar-refractivity contribution is 0.625. The number of fused-ring (bicyclic) bond motifs is 1. The topological polar surface area (TPSA) is 24.9 Å². The van der Waals surface area contributed by atoms with Crippen LogP contribution >= 0.6 is 0 Å². The van der Waals surface area contributed by atoms with E-state index in [-0.39, 0.29) is 5.82 Å². The van der Waals surface area contributed by atoms with Gasteiger partial charge in [0.05, 0.1) is 5.52 Å². The Morgan fingerprint density at radius 2 is 2.00 bits per heavy atom. The van der Waals surface area contributed by atoms with Crippen molar-refractivity contribution in [3.63, 3.8) is 0 Å². The highest BCUT2D eigenvalue weighted by Gasteiger charge is 2.07. The Morgan fingerprint density at radius 1 is 1.10 bits per heavy atom. The van der Waals surface area contributed by atoms with Gasteiger partial charge >= 0.3 is 0 Å². The molecule has 0 radical (unpaired) electrons. The zero-order valence-electron chi connectivity index (χ0n) is 11.9. The summed E-state index contributed by atoms with van der Waals surface area (Å²) in [6, 6.07) is 15.1. The van der Waals surface area contributed by atoms with E-state index in [0.29, 0.717) is 12.1 Å². The normalized spacial score (nSPS) is 11.0. The molecule has 21 heavy (non-hydrogen) atoms. The van der Waals surface area contributed by atoms with E-state index in [4.69, 9.17) is 0 Å². The molecule has 0 fully saturated rings. The second-order valence-electron chi connectivity index (χ2n) is 5.01. The SMILES string of the molecule is CCNCc1ccc(-c2ccc3cccnc3c2)c(F)c1. The monoisotopic (exact) mass is 280 g/mol. The van der Waals surface area contributed by atoms with Crippen LogP contribution < -0.4 is 5.32 Å². The van der Waals surface area contributed by atoms with Gasteiger partial charge in [-0.3, -0.25) is 4.98 Å². The predicted molar refractivity (Wildman–Crippen MR) is 84.5 cm³/mol. The summed E-state index contributed by atoms with van der Waals surface area (Å²) in [4.78, 5) is 4.32. The summed E-state index contributed by atoms with van der Waals surface area (Å²) in [5, 5.41) is 4.26. The van der Waals surface area contributed by atoms with Crippen LogP contribution in [0.3, 0.4) is 0 Å². The van der Waals surface area contributed by atoms with Crippen molar-refractivity contribution in [1.82, 2.24) is 10.3 Å². The second kappa shape index (κ2) is 6.02. The third kappa shape index (κ3) is 2.93. The zero-order chi connectivity index (χ0) is 14.7. The summed E-state index contributed by atoms with van der Waals surface area (Å²) >= 11 is 0. The molecule has 0 saturated carbocycles. The third-order valence-electron chi connectivity index (χ3n) is 3.53. The summed E-state index contributed by atoms with van der Waals surface area (Å²) < 4.78 is 14.3. The lowest BCUT2D eigenvalue weighted by atomic mass is 10.0. The van der Waals surface area contributed by atoms with E-state index in [2.05, 4.69) is 10.3 Å². The van der Waals surface area contributed by atoms with Crippen LogP contribution in [0.15, 0.2) is 54.7 Å². The maximum Gasteiger partial charge on any atom is 0.131 e. The van der Waals surface area contributed by atoms with Gasteiger partial charge in [0.1, 0.15) is 5.82 Å². The van der Waals surface area contributed by atoms with Gasteiger partial charge < -0.3 is 5.32 Å². The molecular formula is C18H17FN2. The highest BCUT2D eigenvalue weighted by atomic mass is 19.1. The number of benzene rings is 2. The number of pyridine rings is 1. The molecule has 0 saturated heterocycles. The van der Waals surface area contributed by atoms with Crippen LogP contribution in [0.5, 0.6) is 0 Å². The first-order valence-electron chi connectivity index (χ1n) is 7.12. The van der Waals surface area contributed by atoms with Gasteiger partial charge in [-0.25, -0.2) is 4.39 Å². The van der Waals surface area contributed by atoms with Crippen molar-refractivity contribution in [3.05, 3.63) is 66.1 Å². The fourth-order valence-corrected chi connectivity index (χ4v) is 2.41. The van der Waals surface area contributed by atoms with Crippen LogP contribution in [0, 0.1) is 5.82 Å². The standard InChI is InChI=1S/C18H17FN2/c1-2-20-12-13-5-8-16(17(19)10-13)15-7-6-14-4-3-9-21-18(14)11-15/h3-11,20H,2,12H2,1H3. The summed E-state index contributed by atoms with van der Waals surface area (Å²) in [7, 11) is 0. The predicted octanol–water partition coefficient (Wildman–Crippen LogP) is 4.15. The van der Waals surface area contributed by atoms with Gasteiger partial charge in [-0.1, -0.05) is 37.3 Å². The Bertz CT molecular complexity index is 768. The van der Waals surface area contributed by atoms with Gasteiger partial charge in [0.2, 0.25) is 0 Å². The fourth-order valence-electron chi connectivity index (χ4n) is 2.41. The molecule has 0 aliphatic carbocycles. The number of rotatable bonds is 4. The van der Waals surface area contributed by atoms with E-state index < -0.39 is 0 Å². The van der Waals surface area contributed by atoms with Crippen molar-refractivity contribution in [2.75, 3.05) is 6.54 Å². The molecule has 0 unspecified atom stereocenters. The van der Waals surface area contributed by atoms with E-state index in [1.165, 1.54) is 0 Å². The molecular weight excluding hydrogens is 263 g/mol. The fraction of sp³-hybridized carbons (Fsp3) is 0.167. The highest BCUT2D eigenvalue weighted by molar-refractivity contribution is 5.84. The minimum Gasteiger partial charge on any atom is -0.313 e. The Morgan fingerprint density at radius 3 is 2.81 bits per heavy atom.